The van der Waals surface area contributed by atoms with Crippen LogP contribution >= 0.6 is 0 Å². The Hall–Kier alpha value is -2.31. The Balaban J connectivity index is 0.820. The number of hydrogen-bond acceptors (Lipinski definition) is 3. The average molecular weight is 789 g/mol. The molecule has 0 aromatic carbocycles. The van der Waals surface area contributed by atoms with E-state index in [2.05, 4.69) is 51.7 Å². The first-order chi connectivity index (χ1) is 27.3. The highest BCUT2D eigenvalue weighted by molar-refractivity contribution is 6.40. The number of nitrogens with zero attached hydrogens (tertiary/aromatic N) is 1. The maximum absolute atomic E-state index is 13.6. The predicted octanol–water partition coefficient (Wildman–Crippen LogP) is 14.3. The maximum atomic E-state index is 13.6. The molecule has 57 heavy (non-hydrogen) atoms. The Morgan fingerprint density at radius 2 is 1.65 bits per heavy atom. The van der Waals surface area contributed by atoms with Gasteiger partial charge in [-0.2, -0.15) is 0 Å². The lowest BCUT2D eigenvalue weighted by molar-refractivity contribution is -0.151. The number of esters is 1. The van der Waals surface area contributed by atoms with E-state index in [1.807, 2.05) is 32.1 Å². The van der Waals surface area contributed by atoms with E-state index in [0.29, 0.717) is 22.9 Å². The van der Waals surface area contributed by atoms with Crippen molar-refractivity contribution < 1.29 is 18.2 Å². The summed E-state index contributed by atoms with van der Waals surface area (Å²) in [4.78, 5) is 17.5. The predicted molar refractivity (Wildman–Crippen MR) is 235 cm³/mol. The molecule has 0 radical (unpaired) electrons. The van der Waals surface area contributed by atoms with Crippen molar-refractivity contribution in [3.05, 3.63) is 52.5 Å². The lowest BCUT2D eigenvalue weighted by Crippen LogP contribution is -2.51. The van der Waals surface area contributed by atoms with Crippen LogP contribution in [-0.2, 0) is 16.0 Å². The summed E-state index contributed by atoms with van der Waals surface area (Å²) in [5, 5.41) is 0. The lowest BCUT2D eigenvalue weighted by Gasteiger charge is -2.58. The average Bonchev–Trinajstić information content (AvgIpc) is 3.84. The number of carbonyl (C=O) groups is 1. The number of ether oxygens (including phenoxy) is 1. The van der Waals surface area contributed by atoms with E-state index in [9.17, 15) is 13.4 Å². The van der Waals surface area contributed by atoms with E-state index in [0.717, 1.165) is 85.3 Å². The minimum atomic E-state index is -2.50. The number of aromatic nitrogens is 1. The summed E-state index contributed by atoms with van der Waals surface area (Å²) in [6, 6.07) is 3.80. The van der Waals surface area contributed by atoms with E-state index >= 15 is 0 Å². The van der Waals surface area contributed by atoms with Gasteiger partial charge in [0, 0.05) is 36.0 Å². The summed E-state index contributed by atoms with van der Waals surface area (Å²) >= 11 is 0. The maximum Gasteiger partial charge on any atom is 0.673 e. The molecule has 5 aliphatic rings. The van der Waals surface area contributed by atoms with Crippen molar-refractivity contribution in [3.8, 4) is 0 Å². The van der Waals surface area contributed by atoms with Crippen molar-refractivity contribution in [2.45, 2.75) is 202 Å². The third kappa shape index (κ3) is 10.5. The molecule has 0 amide bonds. The first-order valence-electron chi connectivity index (χ1n) is 23.8. The van der Waals surface area contributed by atoms with Crippen LogP contribution in [0.4, 0.5) is 8.63 Å². The smallest absolute Gasteiger partial charge is 0.462 e. The molecule has 4 nitrogen and oxygen atoms in total. The Labute approximate surface area is 347 Å². The molecule has 7 heteroatoms. The molecule has 0 spiro atoms. The molecule has 4 aliphatic carbocycles. The zero-order valence-corrected chi connectivity index (χ0v) is 37.2. The highest BCUT2D eigenvalue weighted by Crippen LogP contribution is 2.67. The molecule has 1 N–H and O–H groups in total. The summed E-state index contributed by atoms with van der Waals surface area (Å²) < 4.78 is 33.3. The molecule has 2 heterocycles. The number of hydrogen-bond donors (Lipinski definition) is 1. The molecule has 0 bridgehead atoms. The number of unbranched alkanes of at least 4 members (excludes halogenated alkanes) is 8. The standard InChI is InChI=1S/C50H79BF2N2O2/c1-35(2)18-17-19-36(3)44-26-27-45-43-25-22-39-33-42(28-30-49(39,6)46(43)29-31-50(44,45)7)57-48(56)21-16-14-12-10-8-9-11-13-15-20-40-23-24-41(54-40)34-47-37(4)32-38(5)55(47)51(52)53/h22-24,32,34-36,38,42-46,54H,8-21,25-31,33H2,1-7H3/b47-34-/t36?,38?,42-,43?,44+,45?,46?,49-,50+/m0/s1. The van der Waals surface area contributed by atoms with Crippen molar-refractivity contribution in [3.63, 3.8) is 0 Å². The topological polar surface area (TPSA) is 45.3 Å². The second kappa shape index (κ2) is 19.8. The van der Waals surface area contributed by atoms with Crippen molar-refractivity contribution in [1.29, 1.82) is 0 Å². The Morgan fingerprint density at radius 1 is 0.930 bits per heavy atom. The normalized spacial score (nSPS) is 32.2. The van der Waals surface area contributed by atoms with Gasteiger partial charge in [0.05, 0.1) is 0 Å². The zero-order chi connectivity index (χ0) is 40.7. The van der Waals surface area contributed by atoms with Crippen molar-refractivity contribution in [2.24, 2.45) is 46.3 Å². The van der Waals surface area contributed by atoms with E-state index < -0.39 is 7.40 Å². The number of allylic oxidation sites excluding steroid dienone is 2. The Kier molecular flexibility index (Phi) is 15.4. The van der Waals surface area contributed by atoms with Gasteiger partial charge in [0.2, 0.25) is 0 Å². The molecular weight excluding hydrogens is 709 g/mol. The Bertz CT molecular complexity index is 1560. The highest BCUT2D eigenvalue weighted by Gasteiger charge is 2.59. The van der Waals surface area contributed by atoms with E-state index in [1.165, 1.54) is 107 Å². The highest BCUT2D eigenvalue weighted by atomic mass is 19.2. The SMILES string of the molecule is CC1=CC(C)N(B(F)F)/C1=C\c1ccc(CCCCCCCCCCCC(=O)O[C@H]2CC[C@@]3(C)C(=CCC4C3CC[C@@]3(C)C4CC[C@@H]3C(C)CCCC(C)C)C2)[nH]1. The van der Waals surface area contributed by atoms with Crippen LogP contribution in [0.1, 0.15) is 195 Å². The van der Waals surface area contributed by atoms with Crippen molar-refractivity contribution in [2.75, 3.05) is 0 Å². The second-order valence-corrected chi connectivity index (χ2v) is 20.6. The minimum absolute atomic E-state index is 0.0203. The number of rotatable bonds is 20. The number of H-pyrrole nitrogens is 1. The monoisotopic (exact) mass is 789 g/mol. The molecule has 3 fully saturated rings. The van der Waals surface area contributed by atoms with E-state index in [-0.39, 0.29) is 18.1 Å². The van der Waals surface area contributed by atoms with Gasteiger partial charge >= 0.3 is 13.4 Å². The molecule has 9 atom stereocenters. The molecule has 1 aromatic heterocycles. The molecule has 3 saturated carbocycles. The van der Waals surface area contributed by atoms with Gasteiger partial charge in [-0.3, -0.25) is 13.4 Å². The molecule has 318 valence electrons. The summed E-state index contributed by atoms with van der Waals surface area (Å²) in [6.45, 7) is 16.3. The fourth-order valence-corrected chi connectivity index (χ4v) is 13.1. The lowest BCUT2D eigenvalue weighted by atomic mass is 9.47. The van der Waals surface area contributed by atoms with Gasteiger partial charge in [-0.1, -0.05) is 117 Å². The van der Waals surface area contributed by atoms with Crippen LogP contribution in [0.25, 0.3) is 6.08 Å². The summed E-state index contributed by atoms with van der Waals surface area (Å²) in [7, 11) is -2.50. The summed E-state index contributed by atoms with van der Waals surface area (Å²) in [5.41, 5.74) is 6.01. The first kappa shape index (κ1) is 44.3. The number of nitrogens with one attached hydrogen (secondary N) is 1. The van der Waals surface area contributed by atoms with Crippen LogP contribution in [0.5, 0.6) is 0 Å². The third-order valence-electron chi connectivity index (χ3n) is 16.3. The fraction of sp³-hybridized carbons (Fsp3) is 0.780. The van der Waals surface area contributed by atoms with Crippen LogP contribution in [0.2, 0.25) is 0 Å². The fourth-order valence-electron chi connectivity index (χ4n) is 13.1. The molecule has 1 aliphatic heterocycles. The van der Waals surface area contributed by atoms with Crippen molar-refractivity contribution >= 4 is 19.4 Å². The van der Waals surface area contributed by atoms with Crippen LogP contribution in [0.3, 0.4) is 0 Å². The largest absolute Gasteiger partial charge is 0.673 e. The van der Waals surface area contributed by atoms with Gasteiger partial charge in [0.25, 0.3) is 0 Å². The minimum Gasteiger partial charge on any atom is -0.462 e. The van der Waals surface area contributed by atoms with Gasteiger partial charge in [0.15, 0.2) is 0 Å². The summed E-state index contributed by atoms with van der Waals surface area (Å²) in [5.74, 6) is 5.15. The van der Waals surface area contributed by atoms with Gasteiger partial charge in [-0.05, 0) is 148 Å². The van der Waals surface area contributed by atoms with Crippen LogP contribution in [-0.4, -0.2) is 35.3 Å². The number of fused-ring (bicyclic) bond motifs is 5. The van der Waals surface area contributed by atoms with Gasteiger partial charge in [-0.15, -0.1) is 0 Å². The van der Waals surface area contributed by atoms with Crippen LogP contribution in [0.15, 0.2) is 41.1 Å². The molecular formula is C50H79BF2N2O2. The number of aromatic amines is 1. The Morgan fingerprint density at radius 3 is 2.37 bits per heavy atom. The molecule has 0 saturated heterocycles. The number of halogens is 2. The quantitative estimate of drug-likeness (QED) is 0.0619. The molecule has 5 unspecified atom stereocenters. The van der Waals surface area contributed by atoms with Crippen LogP contribution < -0.4 is 0 Å². The van der Waals surface area contributed by atoms with Gasteiger partial charge < -0.3 is 14.5 Å². The number of carbonyl (C=O) groups excluding carboxylic acids is 1. The van der Waals surface area contributed by atoms with E-state index in [1.54, 1.807) is 5.57 Å². The second-order valence-electron chi connectivity index (χ2n) is 20.6. The van der Waals surface area contributed by atoms with Gasteiger partial charge in [-0.25, -0.2) is 0 Å². The third-order valence-corrected chi connectivity index (χ3v) is 16.3. The van der Waals surface area contributed by atoms with Crippen LogP contribution in [0, 0.1) is 46.3 Å². The molecule has 1 aromatic rings. The van der Waals surface area contributed by atoms with Gasteiger partial charge in [0.1, 0.15) is 6.10 Å². The zero-order valence-electron chi connectivity index (χ0n) is 37.2. The first-order valence-corrected chi connectivity index (χ1v) is 23.8. The number of aryl methyl sites for hydroxylation is 1. The van der Waals surface area contributed by atoms with Crippen molar-refractivity contribution in [1.82, 2.24) is 9.79 Å². The summed E-state index contributed by atoms with van der Waals surface area (Å²) in [6.07, 6.45) is 32.9. The molecule has 6 rings (SSSR count). The van der Waals surface area contributed by atoms with E-state index in [4.69, 9.17) is 4.74 Å².